The number of amides is 1. The van der Waals surface area contributed by atoms with E-state index in [9.17, 15) is 13.6 Å². The standard InChI is InChI=1S/C22H15F2NOS/c23-18-9-2-1-7-16(18)21(24)20-12-17-15(8-4-10-19(17)27-20)13-5-3-6-14(11-13)22(25)26/h1-12,21H,(H2,25,26). The number of thiophene rings is 1. The van der Waals surface area contributed by atoms with Crippen molar-refractivity contribution in [3.63, 3.8) is 0 Å². The number of rotatable bonds is 4. The highest BCUT2D eigenvalue weighted by Crippen LogP contribution is 2.40. The van der Waals surface area contributed by atoms with E-state index in [1.165, 1.54) is 23.5 Å². The smallest absolute Gasteiger partial charge is 0.248 e. The van der Waals surface area contributed by atoms with Gasteiger partial charge in [-0.05, 0) is 41.5 Å². The minimum Gasteiger partial charge on any atom is -0.366 e. The molecule has 0 bridgehead atoms. The maximum Gasteiger partial charge on any atom is 0.248 e. The Morgan fingerprint density at radius 3 is 2.52 bits per heavy atom. The van der Waals surface area contributed by atoms with Gasteiger partial charge in [-0.15, -0.1) is 11.3 Å². The maximum absolute atomic E-state index is 15.0. The molecule has 1 atom stereocenters. The monoisotopic (exact) mass is 379 g/mol. The second kappa shape index (κ2) is 6.93. The van der Waals surface area contributed by atoms with Crippen LogP contribution in [-0.4, -0.2) is 5.91 Å². The van der Waals surface area contributed by atoms with Crippen molar-refractivity contribution in [3.05, 3.63) is 94.6 Å². The highest BCUT2D eigenvalue weighted by molar-refractivity contribution is 7.19. The first-order chi connectivity index (χ1) is 13.0. The first-order valence-corrected chi connectivity index (χ1v) is 9.17. The quantitative estimate of drug-likeness (QED) is 0.474. The average molecular weight is 379 g/mol. The predicted octanol–water partition coefficient (Wildman–Crippen LogP) is 5.87. The maximum atomic E-state index is 15.0. The van der Waals surface area contributed by atoms with Gasteiger partial charge in [-0.2, -0.15) is 0 Å². The Balaban J connectivity index is 1.82. The van der Waals surface area contributed by atoms with Crippen LogP contribution in [-0.2, 0) is 0 Å². The first-order valence-electron chi connectivity index (χ1n) is 8.36. The van der Waals surface area contributed by atoms with Crippen LogP contribution in [0.1, 0.15) is 27.0 Å². The van der Waals surface area contributed by atoms with Gasteiger partial charge in [0.05, 0.1) is 0 Å². The van der Waals surface area contributed by atoms with E-state index in [0.717, 1.165) is 21.2 Å². The number of alkyl halides is 1. The summed E-state index contributed by atoms with van der Waals surface area (Å²) >= 11 is 1.29. The van der Waals surface area contributed by atoms with E-state index in [1.54, 1.807) is 36.4 Å². The van der Waals surface area contributed by atoms with Crippen LogP contribution < -0.4 is 5.73 Å². The molecule has 1 amide bonds. The van der Waals surface area contributed by atoms with E-state index < -0.39 is 17.9 Å². The largest absolute Gasteiger partial charge is 0.366 e. The van der Waals surface area contributed by atoms with Gasteiger partial charge in [0.2, 0.25) is 5.91 Å². The van der Waals surface area contributed by atoms with Crippen LogP contribution >= 0.6 is 11.3 Å². The van der Waals surface area contributed by atoms with Crippen molar-refractivity contribution in [2.75, 3.05) is 0 Å². The van der Waals surface area contributed by atoms with Gasteiger partial charge < -0.3 is 5.73 Å². The Hall–Kier alpha value is -3.05. The zero-order valence-corrected chi connectivity index (χ0v) is 15.0. The highest BCUT2D eigenvalue weighted by atomic mass is 32.1. The van der Waals surface area contributed by atoms with Crippen LogP contribution in [0.25, 0.3) is 21.2 Å². The molecule has 0 aliphatic carbocycles. The molecule has 0 fully saturated rings. The van der Waals surface area contributed by atoms with Crippen LogP contribution in [0.3, 0.4) is 0 Å². The first kappa shape index (κ1) is 17.4. The fourth-order valence-electron chi connectivity index (χ4n) is 3.13. The average Bonchev–Trinajstić information content (AvgIpc) is 3.12. The van der Waals surface area contributed by atoms with Gasteiger partial charge >= 0.3 is 0 Å². The molecule has 27 heavy (non-hydrogen) atoms. The van der Waals surface area contributed by atoms with Crippen LogP contribution in [0.4, 0.5) is 8.78 Å². The van der Waals surface area contributed by atoms with E-state index in [1.807, 2.05) is 24.3 Å². The second-order valence-electron chi connectivity index (χ2n) is 6.20. The minimum absolute atomic E-state index is 0.0290. The molecule has 1 heterocycles. The lowest BCUT2D eigenvalue weighted by Crippen LogP contribution is -2.10. The Bertz CT molecular complexity index is 1150. The molecule has 0 radical (unpaired) electrons. The molecule has 2 N–H and O–H groups in total. The molecule has 3 aromatic carbocycles. The van der Waals surface area contributed by atoms with Crippen molar-refractivity contribution in [1.29, 1.82) is 0 Å². The number of hydrogen-bond donors (Lipinski definition) is 1. The molecule has 1 aromatic heterocycles. The van der Waals surface area contributed by atoms with Crippen LogP contribution in [0, 0.1) is 5.82 Å². The number of benzene rings is 3. The fraction of sp³-hybridized carbons (Fsp3) is 0.0455. The molecular weight excluding hydrogens is 364 g/mol. The molecule has 2 nitrogen and oxygen atoms in total. The summed E-state index contributed by atoms with van der Waals surface area (Å²) in [6.45, 7) is 0. The molecule has 4 aromatic rings. The van der Waals surface area contributed by atoms with E-state index in [4.69, 9.17) is 5.73 Å². The summed E-state index contributed by atoms with van der Waals surface area (Å²) in [6, 6.07) is 20.3. The van der Waals surface area contributed by atoms with Crippen molar-refractivity contribution in [2.45, 2.75) is 6.17 Å². The van der Waals surface area contributed by atoms with Gasteiger partial charge in [0.25, 0.3) is 0 Å². The number of primary amides is 1. The molecule has 0 aliphatic heterocycles. The Morgan fingerprint density at radius 2 is 1.74 bits per heavy atom. The number of fused-ring (bicyclic) bond motifs is 1. The van der Waals surface area contributed by atoms with Gasteiger partial charge in [0.1, 0.15) is 5.82 Å². The summed E-state index contributed by atoms with van der Waals surface area (Å²) in [5.74, 6) is -1.06. The van der Waals surface area contributed by atoms with Gasteiger partial charge in [-0.25, -0.2) is 8.78 Å². The van der Waals surface area contributed by atoms with Crippen LogP contribution in [0.15, 0.2) is 72.8 Å². The van der Waals surface area contributed by atoms with Crippen molar-refractivity contribution < 1.29 is 13.6 Å². The molecule has 0 saturated carbocycles. The molecule has 0 aliphatic rings. The van der Waals surface area contributed by atoms with Gasteiger partial charge in [-0.3, -0.25) is 4.79 Å². The number of carbonyl (C=O) groups is 1. The topological polar surface area (TPSA) is 43.1 Å². The predicted molar refractivity (Wildman–Crippen MR) is 105 cm³/mol. The van der Waals surface area contributed by atoms with Crippen molar-refractivity contribution in [1.82, 2.24) is 0 Å². The molecule has 4 rings (SSSR count). The normalized spacial score (nSPS) is 12.2. The Kier molecular flexibility index (Phi) is 4.46. The lowest BCUT2D eigenvalue weighted by atomic mass is 9.99. The van der Waals surface area contributed by atoms with E-state index in [0.29, 0.717) is 10.4 Å². The molecule has 134 valence electrons. The summed E-state index contributed by atoms with van der Waals surface area (Å²) in [4.78, 5) is 11.9. The highest BCUT2D eigenvalue weighted by Gasteiger charge is 2.20. The van der Waals surface area contributed by atoms with Crippen LogP contribution in [0.2, 0.25) is 0 Å². The minimum atomic E-state index is -1.53. The van der Waals surface area contributed by atoms with Crippen molar-refractivity contribution in [3.8, 4) is 11.1 Å². The summed E-state index contributed by atoms with van der Waals surface area (Å²) in [5.41, 5.74) is 7.51. The van der Waals surface area contributed by atoms with Gasteiger partial charge in [0, 0.05) is 26.1 Å². The Morgan fingerprint density at radius 1 is 0.963 bits per heavy atom. The van der Waals surface area contributed by atoms with E-state index in [-0.39, 0.29) is 5.56 Å². The van der Waals surface area contributed by atoms with Gasteiger partial charge in [0.15, 0.2) is 6.17 Å². The van der Waals surface area contributed by atoms with Gasteiger partial charge in [-0.1, -0.05) is 42.5 Å². The van der Waals surface area contributed by atoms with E-state index in [2.05, 4.69) is 0 Å². The lowest BCUT2D eigenvalue weighted by Gasteiger charge is -2.07. The third kappa shape index (κ3) is 3.22. The molecule has 0 saturated heterocycles. The fourth-order valence-corrected chi connectivity index (χ4v) is 4.22. The third-order valence-electron chi connectivity index (χ3n) is 4.47. The number of halogens is 2. The molecule has 5 heteroatoms. The number of carbonyl (C=O) groups excluding carboxylic acids is 1. The summed E-state index contributed by atoms with van der Waals surface area (Å²) in [6.07, 6.45) is -1.53. The lowest BCUT2D eigenvalue weighted by molar-refractivity contribution is 0.100. The third-order valence-corrected chi connectivity index (χ3v) is 5.60. The number of hydrogen-bond acceptors (Lipinski definition) is 2. The van der Waals surface area contributed by atoms with Crippen molar-refractivity contribution in [2.24, 2.45) is 5.73 Å². The van der Waals surface area contributed by atoms with E-state index >= 15 is 0 Å². The summed E-state index contributed by atoms with van der Waals surface area (Å²) < 4.78 is 29.8. The Labute approximate surface area is 158 Å². The second-order valence-corrected chi connectivity index (χ2v) is 7.31. The molecule has 1 unspecified atom stereocenters. The van der Waals surface area contributed by atoms with Crippen LogP contribution in [0.5, 0.6) is 0 Å². The van der Waals surface area contributed by atoms with Crippen molar-refractivity contribution >= 4 is 27.3 Å². The zero-order chi connectivity index (χ0) is 19.0. The summed E-state index contributed by atoms with van der Waals surface area (Å²) in [7, 11) is 0. The summed E-state index contributed by atoms with van der Waals surface area (Å²) in [5, 5.41) is 0.859. The zero-order valence-electron chi connectivity index (χ0n) is 14.2. The molecular formula is C22H15F2NOS. The number of nitrogens with two attached hydrogens (primary N) is 1. The molecule has 0 spiro atoms. The SMILES string of the molecule is NC(=O)c1cccc(-c2cccc3sc(C(F)c4ccccc4F)cc23)c1.